The molecule has 2 aromatic rings. The van der Waals surface area contributed by atoms with E-state index >= 15 is 0 Å². The normalized spacial score (nSPS) is 10.9. The average molecular weight is 216 g/mol. The van der Waals surface area contributed by atoms with Crippen LogP contribution in [0.2, 0.25) is 0 Å². The molecule has 0 unspecified atom stereocenters. The lowest BCUT2D eigenvalue weighted by Crippen LogP contribution is -2.08. The first-order valence-electron chi connectivity index (χ1n) is 5.59. The molecule has 0 radical (unpaired) electrons. The lowest BCUT2D eigenvalue weighted by atomic mass is 10.1. The molecule has 16 heavy (non-hydrogen) atoms. The minimum Gasteiger partial charge on any atom is -0.353 e. The summed E-state index contributed by atoms with van der Waals surface area (Å²) in [5.74, 6) is 1.29. The van der Waals surface area contributed by atoms with Gasteiger partial charge in [-0.3, -0.25) is 0 Å². The summed E-state index contributed by atoms with van der Waals surface area (Å²) in [5, 5.41) is 11.3. The van der Waals surface area contributed by atoms with Gasteiger partial charge in [-0.2, -0.15) is 0 Å². The van der Waals surface area contributed by atoms with Crippen molar-refractivity contribution in [1.82, 2.24) is 15.2 Å². The third-order valence-electron chi connectivity index (χ3n) is 2.37. The minimum atomic E-state index is 0.611. The van der Waals surface area contributed by atoms with Gasteiger partial charge in [0.15, 0.2) is 0 Å². The Morgan fingerprint density at radius 1 is 1.12 bits per heavy atom. The number of fused-ring (bicyclic) bond motifs is 1. The molecule has 2 rings (SSSR count). The Hall–Kier alpha value is -1.71. The first-order chi connectivity index (χ1) is 7.75. The van der Waals surface area contributed by atoms with Gasteiger partial charge in [-0.25, -0.2) is 4.98 Å². The molecule has 0 bridgehead atoms. The van der Waals surface area contributed by atoms with Crippen LogP contribution in [-0.2, 0) is 0 Å². The SMILES string of the molecule is CC(C)CCNc1nnc2ccccc2n1. The Morgan fingerprint density at radius 2 is 1.88 bits per heavy atom. The molecule has 4 heteroatoms. The third kappa shape index (κ3) is 2.66. The van der Waals surface area contributed by atoms with E-state index in [9.17, 15) is 0 Å². The number of benzene rings is 1. The summed E-state index contributed by atoms with van der Waals surface area (Å²) in [7, 11) is 0. The molecule has 0 amide bonds. The van der Waals surface area contributed by atoms with Crippen LogP contribution in [0.15, 0.2) is 24.3 Å². The number of hydrogen-bond acceptors (Lipinski definition) is 4. The van der Waals surface area contributed by atoms with Crippen LogP contribution in [0, 0.1) is 5.92 Å². The van der Waals surface area contributed by atoms with Crippen molar-refractivity contribution < 1.29 is 0 Å². The van der Waals surface area contributed by atoms with E-state index in [1.165, 1.54) is 0 Å². The van der Waals surface area contributed by atoms with E-state index in [4.69, 9.17) is 0 Å². The molecule has 4 nitrogen and oxygen atoms in total. The fourth-order valence-electron chi connectivity index (χ4n) is 1.43. The van der Waals surface area contributed by atoms with Gasteiger partial charge in [-0.05, 0) is 24.5 Å². The van der Waals surface area contributed by atoms with Crippen LogP contribution >= 0.6 is 0 Å². The number of rotatable bonds is 4. The van der Waals surface area contributed by atoms with Gasteiger partial charge in [-0.15, -0.1) is 10.2 Å². The van der Waals surface area contributed by atoms with E-state index < -0.39 is 0 Å². The maximum atomic E-state index is 4.39. The predicted molar refractivity (Wildman–Crippen MR) is 65.3 cm³/mol. The summed E-state index contributed by atoms with van der Waals surface area (Å²) in [4.78, 5) is 4.39. The molecule has 0 fully saturated rings. The lowest BCUT2D eigenvalue weighted by molar-refractivity contribution is 0.605. The Balaban J connectivity index is 2.08. The second-order valence-corrected chi connectivity index (χ2v) is 4.23. The van der Waals surface area contributed by atoms with Gasteiger partial charge in [0.2, 0.25) is 5.95 Å². The third-order valence-corrected chi connectivity index (χ3v) is 2.37. The highest BCUT2D eigenvalue weighted by Crippen LogP contribution is 2.09. The summed E-state index contributed by atoms with van der Waals surface area (Å²) in [6.07, 6.45) is 1.11. The molecule has 1 heterocycles. The van der Waals surface area contributed by atoms with Crippen molar-refractivity contribution in [2.24, 2.45) is 5.92 Å². The molecule has 0 aliphatic rings. The van der Waals surface area contributed by atoms with Crippen LogP contribution in [0.1, 0.15) is 20.3 Å². The summed E-state index contributed by atoms with van der Waals surface area (Å²) >= 11 is 0. The van der Waals surface area contributed by atoms with E-state index in [1.807, 2.05) is 24.3 Å². The van der Waals surface area contributed by atoms with Gasteiger partial charge in [-0.1, -0.05) is 26.0 Å². The van der Waals surface area contributed by atoms with Gasteiger partial charge in [0.25, 0.3) is 0 Å². The van der Waals surface area contributed by atoms with Crippen LogP contribution in [0.25, 0.3) is 11.0 Å². The van der Waals surface area contributed by atoms with Gasteiger partial charge in [0.05, 0.1) is 5.52 Å². The molecule has 0 spiro atoms. The van der Waals surface area contributed by atoms with Crippen molar-refractivity contribution in [2.75, 3.05) is 11.9 Å². The molecule has 0 saturated carbocycles. The molecule has 0 aliphatic carbocycles. The fraction of sp³-hybridized carbons (Fsp3) is 0.417. The van der Waals surface area contributed by atoms with Crippen LogP contribution < -0.4 is 5.32 Å². The molecule has 84 valence electrons. The maximum Gasteiger partial charge on any atom is 0.243 e. The van der Waals surface area contributed by atoms with Crippen LogP contribution in [0.5, 0.6) is 0 Å². The van der Waals surface area contributed by atoms with Gasteiger partial charge < -0.3 is 5.32 Å². The van der Waals surface area contributed by atoms with E-state index in [0.29, 0.717) is 11.9 Å². The highest BCUT2D eigenvalue weighted by molar-refractivity contribution is 5.73. The highest BCUT2D eigenvalue weighted by atomic mass is 15.2. The molecular weight excluding hydrogens is 200 g/mol. The highest BCUT2D eigenvalue weighted by Gasteiger charge is 2.00. The zero-order chi connectivity index (χ0) is 11.4. The average Bonchev–Trinajstić information content (AvgIpc) is 2.28. The fourth-order valence-corrected chi connectivity index (χ4v) is 1.43. The monoisotopic (exact) mass is 216 g/mol. The number of para-hydroxylation sites is 1. The quantitative estimate of drug-likeness (QED) is 0.853. The zero-order valence-electron chi connectivity index (χ0n) is 9.64. The van der Waals surface area contributed by atoms with E-state index in [-0.39, 0.29) is 0 Å². The Kier molecular flexibility index (Phi) is 3.29. The maximum absolute atomic E-state index is 4.39. The second kappa shape index (κ2) is 4.88. The minimum absolute atomic E-state index is 0.611. The molecule has 1 aromatic heterocycles. The van der Waals surface area contributed by atoms with Crippen LogP contribution in [0.4, 0.5) is 5.95 Å². The summed E-state index contributed by atoms with van der Waals surface area (Å²) in [6.45, 7) is 5.28. The first-order valence-corrected chi connectivity index (χ1v) is 5.59. The van der Waals surface area contributed by atoms with E-state index in [2.05, 4.69) is 34.3 Å². The Bertz CT molecular complexity index is 467. The van der Waals surface area contributed by atoms with Crippen molar-refractivity contribution in [1.29, 1.82) is 0 Å². The number of hydrogen-bond donors (Lipinski definition) is 1. The number of nitrogens with one attached hydrogen (secondary N) is 1. The van der Waals surface area contributed by atoms with Gasteiger partial charge >= 0.3 is 0 Å². The van der Waals surface area contributed by atoms with E-state index in [0.717, 1.165) is 24.0 Å². The Labute approximate surface area is 95.1 Å². The van der Waals surface area contributed by atoms with Gasteiger partial charge in [0, 0.05) is 6.54 Å². The molecule has 1 aromatic carbocycles. The largest absolute Gasteiger partial charge is 0.353 e. The van der Waals surface area contributed by atoms with Crippen molar-refractivity contribution in [3.05, 3.63) is 24.3 Å². The summed E-state index contributed by atoms with van der Waals surface area (Å²) < 4.78 is 0. The van der Waals surface area contributed by atoms with Crippen molar-refractivity contribution in [3.63, 3.8) is 0 Å². The standard InChI is InChI=1S/C12H16N4/c1-9(2)7-8-13-12-14-10-5-3-4-6-11(10)15-16-12/h3-6,9H,7-8H2,1-2H3,(H,13,14,16). The summed E-state index contributed by atoms with van der Waals surface area (Å²) in [6, 6.07) is 7.74. The van der Waals surface area contributed by atoms with Crippen molar-refractivity contribution in [3.8, 4) is 0 Å². The van der Waals surface area contributed by atoms with Crippen LogP contribution in [0.3, 0.4) is 0 Å². The predicted octanol–water partition coefficient (Wildman–Crippen LogP) is 2.48. The van der Waals surface area contributed by atoms with Crippen molar-refractivity contribution >= 4 is 17.0 Å². The van der Waals surface area contributed by atoms with Gasteiger partial charge in [0.1, 0.15) is 5.52 Å². The number of nitrogens with zero attached hydrogens (tertiary/aromatic N) is 3. The number of anilines is 1. The Morgan fingerprint density at radius 3 is 2.62 bits per heavy atom. The topological polar surface area (TPSA) is 50.7 Å². The molecule has 0 saturated heterocycles. The molecule has 0 atom stereocenters. The number of aromatic nitrogens is 3. The molecular formula is C12H16N4. The van der Waals surface area contributed by atoms with Crippen LogP contribution in [-0.4, -0.2) is 21.7 Å². The molecule has 1 N–H and O–H groups in total. The zero-order valence-corrected chi connectivity index (χ0v) is 9.64. The van der Waals surface area contributed by atoms with Crippen molar-refractivity contribution in [2.45, 2.75) is 20.3 Å². The lowest BCUT2D eigenvalue weighted by Gasteiger charge is -2.06. The summed E-state index contributed by atoms with van der Waals surface area (Å²) in [5.41, 5.74) is 1.71. The van der Waals surface area contributed by atoms with E-state index in [1.54, 1.807) is 0 Å². The first kappa shape index (κ1) is 10.8. The smallest absolute Gasteiger partial charge is 0.243 e. The molecule has 0 aliphatic heterocycles. The second-order valence-electron chi connectivity index (χ2n) is 4.23.